The van der Waals surface area contributed by atoms with Crippen LogP contribution in [0.4, 0.5) is 11.6 Å². The van der Waals surface area contributed by atoms with Crippen molar-refractivity contribution in [3.05, 3.63) is 70.0 Å². The summed E-state index contributed by atoms with van der Waals surface area (Å²) in [5, 5.41) is 15.9. The number of carbonyl (C=O) groups excluding carboxylic acids is 2. The lowest BCUT2D eigenvalue weighted by molar-refractivity contribution is -0.120. The van der Waals surface area contributed by atoms with Crippen LogP contribution in [0.25, 0.3) is 11.1 Å². The predicted octanol–water partition coefficient (Wildman–Crippen LogP) is 3.62. The molecule has 2 aromatic carbocycles. The second-order valence-electron chi connectivity index (χ2n) is 9.15. The van der Waals surface area contributed by atoms with Crippen LogP contribution in [-0.2, 0) is 17.6 Å². The number of carbonyl (C=O) groups is 2. The van der Waals surface area contributed by atoms with Gasteiger partial charge in [0.2, 0.25) is 5.91 Å². The number of halogens is 1. The van der Waals surface area contributed by atoms with Crippen LogP contribution < -0.4 is 27.4 Å². The van der Waals surface area contributed by atoms with Crippen LogP contribution in [0.15, 0.2) is 42.5 Å². The van der Waals surface area contributed by atoms with Gasteiger partial charge in [-0.1, -0.05) is 54.1 Å². The molecular weight excluding hydrogens is 516 g/mol. The molecule has 11 heteroatoms. The van der Waals surface area contributed by atoms with Crippen LogP contribution in [0.5, 0.6) is 0 Å². The molecule has 0 aliphatic rings. The van der Waals surface area contributed by atoms with Crippen LogP contribution in [0.2, 0.25) is 5.15 Å². The number of hydrogen-bond acceptors (Lipinski definition) is 7. The summed E-state index contributed by atoms with van der Waals surface area (Å²) in [6.07, 6.45) is 3.85. The van der Waals surface area contributed by atoms with Crippen LogP contribution in [0.1, 0.15) is 53.4 Å². The molecule has 39 heavy (non-hydrogen) atoms. The lowest BCUT2D eigenvalue weighted by Crippen LogP contribution is -2.41. The zero-order valence-corrected chi connectivity index (χ0v) is 23.0. The van der Waals surface area contributed by atoms with E-state index in [2.05, 4.69) is 75.3 Å². The smallest absolute Gasteiger partial charge is 0.280 e. The number of guanidine groups is 1. The van der Waals surface area contributed by atoms with Gasteiger partial charge < -0.3 is 22.1 Å². The van der Waals surface area contributed by atoms with E-state index >= 15 is 0 Å². The van der Waals surface area contributed by atoms with E-state index in [0.29, 0.717) is 19.5 Å². The Hall–Kier alpha value is -4.18. The highest BCUT2D eigenvalue weighted by molar-refractivity contribution is 6.31. The molecule has 0 aliphatic heterocycles. The van der Waals surface area contributed by atoms with Gasteiger partial charge in [0.25, 0.3) is 5.91 Å². The van der Waals surface area contributed by atoms with Crippen LogP contribution in [0, 0.1) is 12.3 Å². The van der Waals surface area contributed by atoms with Gasteiger partial charge in [-0.05, 0) is 67.3 Å². The van der Waals surface area contributed by atoms with Crippen molar-refractivity contribution in [3.8, 4) is 11.1 Å². The summed E-state index contributed by atoms with van der Waals surface area (Å²) in [6, 6.07) is 14.9. The van der Waals surface area contributed by atoms with E-state index in [1.54, 1.807) is 0 Å². The number of nitrogens with two attached hydrogens (primary N) is 2. The summed E-state index contributed by atoms with van der Waals surface area (Å²) in [4.78, 5) is 31.6. The molecule has 0 saturated heterocycles. The van der Waals surface area contributed by atoms with Crippen molar-refractivity contribution >= 4 is 41.0 Å². The maximum absolute atomic E-state index is 12.3. The third kappa shape index (κ3) is 8.68. The first kappa shape index (κ1) is 29.4. The number of nitrogens with one attached hydrogen (secondary N) is 4. The number of aromatic nitrogens is 2. The molecule has 3 aromatic rings. The van der Waals surface area contributed by atoms with E-state index in [9.17, 15) is 9.59 Å². The van der Waals surface area contributed by atoms with Crippen molar-refractivity contribution < 1.29 is 9.59 Å². The summed E-state index contributed by atoms with van der Waals surface area (Å²) < 4.78 is 0. The minimum Gasteiger partial charge on any atom is -0.382 e. The average Bonchev–Trinajstić information content (AvgIpc) is 2.90. The molecule has 206 valence electrons. The number of hydrogen-bond donors (Lipinski definition) is 6. The minimum absolute atomic E-state index is 0.0661. The normalized spacial score (nSPS) is 10.6. The highest BCUT2D eigenvalue weighted by Crippen LogP contribution is 2.25. The minimum atomic E-state index is -0.691. The summed E-state index contributed by atoms with van der Waals surface area (Å²) in [5.41, 5.74) is 16.9. The second kappa shape index (κ2) is 14.1. The predicted molar refractivity (Wildman–Crippen MR) is 156 cm³/mol. The lowest BCUT2D eigenvalue weighted by atomic mass is 9.95. The number of nitrogens with zero attached hydrogens (tertiary/aromatic N) is 2. The van der Waals surface area contributed by atoms with Gasteiger partial charge in [-0.15, -0.1) is 0 Å². The Kier molecular flexibility index (Phi) is 10.6. The standard InChI is InChI=1S/C28H35ClN8O2/c1-3-33-22(38)14-10-19-9-13-21(17(2)16-19)20-11-7-18(8-12-20)6-4-5-15-34-28(32)37-27(39)23-25(30)36-26(31)24(29)35-23/h7-9,11-13,16H,3-6,10,14-15H2,1-2H3,(H,33,38)(H4,30,31,36)(H3,32,34,37,39). The fraction of sp³-hybridized carbons (Fsp3) is 0.321. The highest BCUT2D eigenvalue weighted by Gasteiger charge is 2.17. The quantitative estimate of drug-likeness (QED) is 0.120. The maximum Gasteiger partial charge on any atom is 0.280 e. The molecule has 0 radical (unpaired) electrons. The van der Waals surface area contributed by atoms with Crippen molar-refractivity contribution in [2.45, 2.75) is 46.0 Å². The van der Waals surface area contributed by atoms with Gasteiger partial charge in [0.05, 0.1) is 0 Å². The van der Waals surface area contributed by atoms with Crippen molar-refractivity contribution in [1.29, 1.82) is 5.41 Å². The van der Waals surface area contributed by atoms with E-state index < -0.39 is 5.91 Å². The first-order valence-corrected chi connectivity index (χ1v) is 13.2. The zero-order valence-electron chi connectivity index (χ0n) is 22.2. The van der Waals surface area contributed by atoms with Gasteiger partial charge >= 0.3 is 0 Å². The number of unbranched alkanes of at least 4 members (excludes halogenated alkanes) is 1. The molecule has 0 spiro atoms. The molecular formula is C28H35ClN8O2. The van der Waals surface area contributed by atoms with Gasteiger partial charge in [0, 0.05) is 19.5 Å². The average molecular weight is 551 g/mol. The fourth-order valence-corrected chi connectivity index (χ4v) is 4.22. The van der Waals surface area contributed by atoms with E-state index in [1.165, 1.54) is 16.7 Å². The van der Waals surface area contributed by atoms with Crippen molar-refractivity contribution in [3.63, 3.8) is 0 Å². The molecule has 0 unspecified atom stereocenters. The Morgan fingerprint density at radius 1 is 0.949 bits per heavy atom. The fourth-order valence-electron chi connectivity index (χ4n) is 4.09. The molecule has 1 heterocycles. The number of amides is 2. The monoisotopic (exact) mass is 550 g/mol. The van der Waals surface area contributed by atoms with Gasteiger partial charge in [-0.2, -0.15) is 0 Å². The Balaban J connectivity index is 1.41. The summed E-state index contributed by atoms with van der Waals surface area (Å²) >= 11 is 5.80. The van der Waals surface area contributed by atoms with E-state index in [4.69, 9.17) is 28.5 Å². The summed E-state index contributed by atoms with van der Waals surface area (Å²) in [7, 11) is 0. The van der Waals surface area contributed by atoms with Crippen molar-refractivity contribution in [1.82, 2.24) is 25.9 Å². The second-order valence-corrected chi connectivity index (χ2v) is 9.50. The summed E-state index contributed by atoms with van der Waals surface area (Å²) in [6.45, 7) is 5.20. The molecule has 2 amide bonds. The molecule has 3 rings (SSSR count). The molecule has 1 aromatic heterocycles. The molecule has 0 atom stereocenters. The third-order valence-corrected chi connectivity index (χ3v) is 6.40. The van der Waals surface area contributed by atoms with Gasteiger partial charge in [-0.3, -0.25) is 20.3 Å². The van der Waals surface area contributed by atoms with Crippen molar-refractivity contribution in [2.24, 2.45) is 0 Å². The van der Waals surface area contributed by atoms with Gasteiger partial charge in [-0.25, -0.2) is 9.97 Å². The number of benzene rings is 2. The SMILES string of the molecule is CCNC(=O)CCc1ccc(-c2ccc(CCCCNC(=N)NC(=O)c3nc(Cl)c(N)nc3N)cc2)c(C)c1. The van der Waals surface area contributed by atoms with Crippen molar-refractivity contribution in [2.75, 3.05) is 24.6 Å². The number of anilines is 2. The number of nitrogen functional groups attached to an aromatic ring is 2. The largest absolute Gasteiger partial charge is 0.382 e. The molecule has 0 saturated carbocycles. The van der Waals surface area contributed by atoms with Gasteiger partial charge in [0.15, 0.2) is 28.4 Å². The lowest BCUT2D eigenvalue weighted by Gasteiger charge is -2.11. The Morgan fingerprint density at radius 2 is 1.67 bits per heavy atom. The molecule has 8 N–H and O–H groups in total. The molecule has 0 aliphatic carbocycles. The Morgan fingerprint density at radius 3 is 2.36 bits per heavy atom. The first-order chi connectivity index (χ1) is 18.7. The summed E-state index contributed by atoms with van der Waals surface area (Å²) in [5.74, 6) is -0.998. The third-order valence-electron chi connectivity index (χ3n) is 6.12. The Bertz CT molecular complexity index is 1330. The molecule has 10 nitrogen and oxygen atoms in total. The van der Waals surface area contributed by atoms with Gasteiger partial charge in [0.1, 0.15) is 0 Å². The van der Waals surface area contributed by atoms with E-state index in [-0.39, 0.29) is 34.3 Å². The van der Waals surface area contributed by atoms with Crippen LogP contribution in [-0.4, -0.2) is 40.8 Å². The molecule has 0 bridgehead atoms. The first-order valence-electron chi connectivity index (χ1n) is 12.9. The number of aryl methyl sites for hydroxylation is 3. The van der Waals surface area contributed by atoms with Crippen LogP contribution in [0.3, 0.4) is 0 Å². The highest BCUT2D eigenvalue weighted by atomic mass is 35.5. The maximum atomic E-state index is 12.3. The zero-order chi connectivity index (χ0) is 28.4. The van der Waals surface area contributed by atoms with E-state index in [1.807, 2.05) is 6.92 Å². The topological polar surface area (TPSA) is 172 Å². The Labute approximate surface area is 233 Å². The van der Waals surface area contributed by atoms with E-state index in [0.717, 1.165) is 36.8 Å². The molecule has 0 fully saturated rings. The number of rotatable bonds is 11. The van der Waals surface area contributed by atoms with Crippen LogP contribution >= 0.6 is 11.6 Å².